The number of nitrogens with one attached hydrogen (secondary N) is 2. The van der Waals surface area contributed by atoms with E-state index in [2.05, 4.69) is 20.8 Å². The van der Waals surface area contributed by atoms with E-state index in [9.17, 15) is 9.18 Å². The molecule has 0 radical (unpaired) electrons. The third-order valence-corrected chi connectivity index (χ3v) is 5.65. The van der Waals surface area contributed by atoms with Gasteiger partial charge in [0.1, 0.15) is 16.9 Å². The predicted molar refractivity (Wildman–Crippen MR) is 98.0 cm³/mol. The highest BCUT2D eigenvalue weighted by atomic mass is 32.2. The molecule has 0 aliphatic carbocycles. The molecule has 0 saturated heterocycles. The molecule has 0 fully saturated rings. The standard InChI is InChI=1S/C15H10FN5OS3/c16-10-2-1-3-11(6-10)18-14-20-21-15(25-14)24-8-12(22)19-13-9(7-17)4-5-23-13/h1-6H,8H2,(H,18,20)(H,19,22). The van der Waals surface area contributed by atoms with Crippen LogP contribution in [0.2, 0.25) is 0 Å². The maximum atomic E-state index is 13.2. The van der Waals surface area contributed by atoms with Crippen LogP contribution in [-0.4, -0.2) is 21.9 Å². The van der Waals surface area contributed by atoms with E-state index in [0.29, 0.717) is 25.7 Å². The lowest BCUT2D eigenvalue weighted by Gasteiger charge is -2.01. The second kappa shape index (κ2) is 8.06. The molecule has 25 heavy (non-hydrogen) atoms. The third kappa shape index (κ3) is 4.76. The highest BCUT2D eigenvalue weighted by molar-refractivity contribution is 8.01. The second-order valence-corrected chi connectivity index (χ2v) is 7.74. The average molecular weight is 391 g/mol. The van der Waals surface area contributed by atoms with E-state index < -0.39 is 0 Å². The molecule has 126 valence electrons. The minimum absolute atomic E-state index is 0.150. The minimum Gasteiger partial charge on any atom is -0.330 e. The SMILES string of the molecule is N#Cc1ccsc1NC(=O)CSc1nnc(Nc2cccc(F)c2)s1. The van der Waals surface area contributed by atoms with Crippen LogP contribution in [0.1, 0.15) is 5.56 Å². The van der Waals surface area contributed by atoms with Crippen LogP contribution in [0.15, 0.2) is 40.1 Å². The summed E-state index contributed by atoms with van der Waals surface area (Å²) in [6, 6.07) is 9.71. The van der Waals surface area contributed by atoms with Crippen molar-refractivity contribution in [3.8, 4) is 6.07 Å². The number of hydrogen-bond donors (Lipinski definition) is 2. The van der Waals surface area contributed by atoms with Crippen LogP contribution in [0.4, 0.5) is 20.2 Å². The van der Waals surface area contributed by atoms with Gasteiger partial charge in [0.15, 0.2) is 4.34 Å². The molecule has 0 atom stereocenters. The van der Waals surface area contributed by atoms with E-state index in [4.69, 9.17) is 5.26 Å². The van der Waals surface area contributed by atoms with E-state index in [1.165, 1.54) is 46.6 Å². The topological polar surface area (TPSA) is 90.7 Å². The molecule has 3 rings (SSSR count). The maximum absolute atomic E-state index is 13.2. The van der Waals surface area contributed by atoms with E-state index in [1.54, 1.807) is 23.6 Å². The second-order valence-electron chi connectivity index (χ2n) is 4.62. The van der Waals surface area contributed by atoms with Crippen molar-refractivity contribution in [2.45, 2.75) is 4.34 Å². The Morgan fingerprint density at radius 1 is 1.36 bits per heavy atom. The van der Waals surface area contributed by atoms with Crippen LogP contribution < -0.4 is 10.6 Å². The first-order valence-electron chi connectivity index (χ1n) is 6.90. The largest absolute Gasteiger partial charge is 0.330 e. The number of aromatic nitrogens is 2. The van der Waals surface area contributed by atoms with Crippen molar-refractivity contribution >= 4 is 56.2 Å². The van der Waals surface area contributed by atoms with Crippen molar-refractivity contribution in [3.63, 3.8) is 0 Å². The zero-order chi connectivity index (χ0) is 17.6. The van der Waals surface area contributed by atoms with Crippen LogP contribution in [0.5, 0.6) is 0 Å². The first-order chi connectivity index (χ1) is 12.1. The average Bonchev–Trinajstić information content (AvgIpc) is 3.22. The third-order valence-electron chi connectivity index (χ3n) is 2.85. The Balaban J connectivity index is 1.53. The van der Waals surface area contributed by atoms with Crippen LogP contribution >= 0.6 is 34.4 Å². The van der Waals surface area contributed by atoms with Gasteiger partial charge in [-0.05, 0) is 29.6 Å². The number of benzene rings is 1. The van der Waals surface area contributed by atoms with Crippen molar-refractivity contribution in [2.24, 2.45) is 0 Å². The summed E-state index contributed by atoms with van der Waals surface area (Å²) >= 11 is 3.81. The number of nitrogens with zero attached hydrogens (tertiary/aromatic N) is 3. The number of thioether (sulfide) groups is 1. The molecular weight excluding hydrogens is 381 g/mol. The van der Waals surface area contributed by atoms with Crippen LogP contribution in [0, 0.1) is 17.1 Å². The molecule has 0 aliphatic heterocycles. The van der Waals surface area contributed by atoms with Gasteiger partial charge in [-0.1, -0.05) is 29.2 Å². The van der Waals surface area contributed by atoms with Gasteiger partial charge < -0.3 is 10.6 Å². The fraction of sp³-hybridized carbons (Fsp3) is 0.0667. The maximum Gasteiger partial charge on any atom is 0.235 e. The zero-order valence-electron chi connectivity index (χ0n) is 12.5. The summed E-state index contributed by atoms with van der Waals surface area (Å²) in [7, 11) is 0. The molecule has 2 heterocycles. The Morgan fingerprint density at radius 2 is 2.24 bits per heavy atom. The summed E-state index contributed by atoms with van der Waals surface area (Å²) in [5.41, 5.74) is 1.02. The van der Waals surface area contributed by atoms with Crippen LogP contribution in [-0.2, 0) is 4.79 Å². The molecule has 10 heteroatoms. The molecule has 0 aliphatic rings. The molecule has 0 saturated carbocycles. The summed E-state index contributed by atoms with van der Waals surface area (Å²) in [5, 5.41) is 25.3. The number of anilines is 3. The normalized spacial score (nSPS) is 10.2. The Morgan fingerprint density at radius 3 is 3.04 bits per heavy atom. The Labute approximate surface area is 154 Å². The van der Waals surface area contributed by atoms with Gasteiger partial charge >= 0.3 is 0 Å². The number of carbonyl (C=O) groups is 1. The molecule has 0 bridgehead atoms. The molecule has 0 unspecified atom stereocenters. The van der Waals surface area contributed by atoms with Gasteiger partial charge in [0.25, 0.3) is 0 Å². The van der Waals surface area contributed by atoms with Gasteiger partial charge in [-0.15, -0.1) is 21.5 Å². The van der Waals surface area contributed by atoms with Gasteiger partial charge in [-0.25, -0.2) is 4.39 Å². The van der Waals surface area contributed by atoms with Gasteiger partial charge in [-0.2, -0.15) is 5.26 Å². The fourth-order valence-corrected chi connectivity index (χ4v) is 4.12. The predicted octanol–water partition coefficient (Wildman–Crippen LogP) is 4.08. The molecule has 1 aromatic carbocycles. The van der Waals surface area contributed by atoms with Crippen molar-refractivity contribution in [3.05, 3.63) is 47.1 Å². The Hall–Kier alpha value is -2.48. The van der Waals surface area contributed by atoms with Crippen molar-refractivity contribution in [1.82, 2.24) is 10.2 Å². The van der Waals surface area contributed by atoms with E-state index >= 15 is 0 Å². The first kappa shape index (κ1) is 17.3. The minimum atomic E-state index is -0.342. The number of hydrogen-bond acceptors (Lipinski definition) is 8. The lowest BCUT2D eigenvalue weighted by molar-refractivity contribution is -0.113. The number of rotatable bonds is 6. The lowest BCUT2D eigenvalue weighted by atomic mass is 10.3. The first-order valence-corrected chi connectivity index (χ1v) is 9.58. The van der Waals surface area contributed by atoms with E-state index in [0.717, 1.165) is 0 Å². The molecule has 0 spiro atoms. The van der Waals surface area contributed by atoms with Gasteiger partial charge in [0.05, 0.1) is 11.3 Å². The van der Waals surface area contributed by atoms with Gasteiger partial charge in [0, 0.05) is 5.69 Å². The summed E-state index contributed by atoms with van der Waals surface area (Å²) in [6.07, 6.45) is 0. The van der Waals surface area contributed by atoms with Gasteiger partial charge in [0.2, 0.25) is 11.0 Å². The fourth-order valence-electron chi connectivity index (χ4n) is 1.79. The van der Waals surface area contributed by atoms with Gasteiger partial charge in [-0.3, -0.25) is 4.79 Å². The van der Waals surface area contributed by atoms with Crippen molar-refractivity contribution in [2.75, 3.05) is 16.4 Å². The molecular formula is C15H10FN5OS3. The molecule has 2 N–H and O–H groups in total. The summed E-state index contributed by atoms with van der Waals surface area (Å²) in [6.45, 7) is 0. The molecule has 1 amide bonds. The monoisotopic (exact) mass is 391 g/mol. The number of amides is 1. The number of halogens is 1. The van der Waals surface area contributed by atoms with Crippen LogP contribution in [0.25, 0.3) is 0 Å². The highest BCUT2D eigenvalue weighted by Gasteiger charge is 2.11. The Bertz CT molecular complexity index is 933. The molecule has 2 aromatic heterocycles. The lowest BCUT2D eigenvalue weighted by Crippen LogP contribution is -2.13. The summed E-state index contributed by atoms with van der Waals surface area (Å²) in [4.78, 5) is 12.0. The quantitative estimate of drug-likeness (QED) is 0.615. The summed E-state index contributed by atoms with van der Waals surface area (Å²) in [5.74, 6) is -0.415. The molecule has 6 nitrogen and oxygen atoms in total. The van der Waals surface area contributed by atoms with Crippen LogP contribution in [0.3, 0.4) is 0 Å². The number of thiophene rings is 1. The highest BCUT2D eigenvalue weighted by Crippen LogP contribution is 2.28. The Kier molecular flexibility index (Phi) is 5.60. The zero-order valence-corrected chi connectivity index (χ0v) is 15.0. The number of carbonyl (C=O) groups excluding carboxylic acids is 1. The van der Waals surface area contributed by atoms with E-state index in [1.807, 2.05) is 6.07 Å². The number of nitriles is 1. The van der Waals surface area contributed by atoms with Crippen molar-refractivity contribution in [1.29, 1.82) is 5.26 Å². The summed E-state index contributed by atoms with van der Waals surface area (Å²) < 4.78 is 13.8. The smallest absolute Gasteiger partial charge is 0.235 e. The van der Waals surface area contributed by atoms with E-state index in [-0.39, 0.29) is 17.5 Å². The van der Waals surface area contributed by atoms with Crippen molar-refractivity contribution < 1.29 is 9.18 Å². The molecule has 3 aromatic rings.